The molecule has 14 heteroatoms. The number of fused-ring (bicyclic) bond motifs is 1. The highest BCUT2D eigenvalue weighted by Gasteiger charge is 2.36. The molecule has 0 bridgehead atoms. The average Bonchev–Trinajstić information content (AvgIpc) is 3.22. The number of hydrogen-bond donors (Lipinski definition) is 0. The minimum Gasteiger partial charge on any atom is -0.354 e. The topological polar surface area (TPSA) is 70.8 Å². The van der Waals surface area contributed by atoms with E-state index in [0.717, 1.165) is 22.5 Å². The number of piperazine rings is 1. The van der Waals surface area contributed by atoms with E-state index in [0.29, 0.717) is 17.8 Å². The average molecular weight is 536 g/mol. The van der Waals surface area contributed by atoms with Crippen molar-refractivity contribution >= 4 is 21.5 Å². The Balaban J connectivity index is 1.62. The van der Waals surface area contributed by atoms with E-state index in [1.54, 1.807) is 4.90 Å². The number of hydrogen-bond acceptors (Lipinski definition) is 5. The van der Waals surface area contributed by atoms with Crippen molar-refractivity contribution in [3.8, 4) is 0 Å². The van der Waals surface area contributed by atoms with Crippen LogP contribution < -0.4 is 4.90 Å². The van der Waals surface area contributed by atoms with E-state index in [1.165, 1.54) is 10.6 Å². The number of sulfonamides is 1. The lowest BCUT2D eigenvalue weighted by molar-refractivity contribution is -0.141. The molecule has 1 saturated heterocycles. The molecule has 0 N–H and O–H groups in total. The summed E-state index contributed by atoms with van der Waals surface area (Å²) in [4.78, 5) is 5.01. The molecular weight excluding hydrogens is 512 g/mol. The van der Waals surface area contributed by atoms with Gasteiger partial charge in [-0.25, -0.2) is 13.4 Å². The molecule has 36 heavy (non-hydrogen) atoms. The van der Waals surface area contributed by atoms with Gasteiger partial charge in [0.2, 0.25) is 10.0 Å². The van der Waals surface area contributed by atoms with Gasteiger partial charge in [0.05, 0.1) is 16.2 Å². The molecule has 0 saturated carbocycles. The Kier molecular flexibility index (Phi) is 6.27. The van der Waals surface area contributed by atoms with Crippen LogP contribution in [0.25, 0.3) is 5.65 Å². The van der Waals surface area contributed by atoms with Gasteiger partial charge in [-0.2, -0.15) is 40.3 Å². The van der Waals surface area contributed by atoms with Crippen LogP contribution in [0.2, 0.25) is 0 Å². The fourth-order valence-corrected chi connectivity index (χ4v) is 5.24. The van der Waals surface area contributed by atoms with Crippen molar-refractivity contribution in [1.29, 1.82) is 0 Å². The first kappa shape index (κ1) is 26.2. The van der Waals surface area contributed by atoms with Crippen LogP contribution in [0.4, 0.5) is 32.2 Å². The maximum absolute atomic E-state index is 13.5. The first-order valence-electron chi connectivity index (χ1n) is 10.9. The highest BCUT2D eigenvalue weighted by Crippen LogP contribution is 2.34. The largest absolute Gasteiger partial charge is 0.433 e. The molecule has 0 amide bonds. The number of benzene rings is 1. The third kappa shape index (κ3) is 5.01. The predicted octanol–water partition coefficient (Wildman–Crippen LogP) is 4.58. The van der Waals surface area contributed by atoms with Gasteiger partial charge in [-0.1, -0.05) is 20.8 Å². The number of rotatable bonds is 3. The minimum absolute atomic E-state index is 0.0181. The zero-order valence-corrected chi connectivity index (χ0v) is 20.3. The highest BCUT2D eigenvalue weighted by molar-refractivity contribution is 7.89. The highest BCUT2D eigenvalue weighted by atomic mass is 32.2. The molecule has 1 fully saturated rings. The molecule has 1 aromatic carbocycles. The Hall–Kier alpha value is -2.87. The van der Waals surface area contributed by atoms with Crippen LogP contribution in [0.1, 0.15) is 37.7 Å². The van der Waals surface area contributed by atoms with E-state index in [4.69, 9.17) is 0 Å². The zero-order valence-electron chi connectivity index (χ0n) is 19.5. The van der Waals surface area contributed by atoms with Gasteiger partial charge in [0.15, 0.2) is 11.3 Å². The summed E-state index contributed by atoms with van der Waals surface area (Å²) in [7, 11) is -4.09. The SMILES string of the molecule is CC(C)(C)c1cc2nc(C(F)(F)F)cc(N3CCN(S(=O)(=O)c4ccc(C(F)(F)F)cc4)CC3)n2n1. The number of halogens is 6. The minimum atomic E-state index is -4.70. The molecule has 1 aliphatic heterocycles. The molecule has 7 nitrogen and oxygen atoms in total. The molecule has 0 radical (unpaired) electrons. The molecular formula is C22H23F6N5O2S. The standard InChI is InChI=1S/C22H23F6N5O2S/c1-20(2,3)16-12-18-29-17(22(26,27)28)13-19(33(18)30-16)31-8-10-32(11-9-31)36(34,35)15-6-4-14(5-7-15)21(23,24)25/h4-7,12-13H,8-11H2,1-3H3. The Labute approximate surface area is 203 Å². The smallest absolute Gasteiger partial charge is 0.354 e. The number of aromatic nitrogens is 3. The molecule has 196 valence electrons. The van der Waals surface area contributed by atoms with Crippen LogP contribution in [0.5, 0.6) is 0 Å². The Morgan fingerprint density at radius 1 is 0.806 bits per heavy atom. The van der Waals surface area contributed by atoms with Gasteiger partial charge in [-0.3, -0.25) is 0 Å². The molecule has 2 aromatic heterocycles. The van der Waals surface area contributed by atoms with Crippen molar-refractivity contribution in [3.63, 3.8) is 0 Å². The fourth-order valence-electron chi connectivity index (χ4n) is 3.82. The Bertz CT molecular complexity index is 1370. The second-order valence-corrected chi connectivity index (χ2v) is 11.4. The van der Waals surface area contributed by atoms with Crippen LogP contribution in [0, 0.1) is 0 Å². The van der Waals surface area contributed by atoms with E-state index in [9.17, 15) is 34.8 Å². The maximum atomic E-state index is 13.5. The lowest BCUT2D eigenvalue weighted by Crippen LogP contribution is -2.49. The van der Waals surface area contributed by atoms with Gasteiger partial charge >= 0.3 is 12.4 Å². The predicted molar refractivity (Wildman–Crippen MR) is 119 cm³/mol. The van der Waals surface area contributed by atoms with Gasteiger partial charge in [-0.15, -0.1) is 0 Å². The summed E-state index contributed by atoms with van der Waals surface area (Å²) in [5.74, 6) is 0.120. The molecule has 0 atom stereocenters. The summed E-state index contributed by atoms with van der Waals surface area (Å²) in [5, 5.41) is 4.45. The number of nitrogens with zero attached hydrogens (tertiary/aromatic N) is 5. The van der Waals surface area contributed by atoms with Gasteiger partial charge in [0, 0.05) is 43.7 Å². The first-order chi connectivity index (χ1) is 16.5. The van der Waals surface area contributed by atoms with E-state index < -0.39 is 39.0 Å². The van der Waals surface area contributed by atoms with Gasteiger partial charge in [-0.05, 0) is 24.3 Å². The van der Waals surface area contributed by atoms with Crippen molar-refractivity contribution in [2.75, 3.05) is 31.1 Å². The summed E-state index contributed by atoms with van der Waals surface area (Å²) in [6.45, 7) is 5.52. The van der Waals surface area contributed by atoms with E-state index in [1.807, 2.05) is 20.8 Å². The zero-order chi connectivity index (χ0) is 26.7. The molecule has 4 rings (SSSR count). The van der Waals surface area contributed by atoms with Crippen LogP contribution in [0.3, 0.4) is 0 Å². The molecule has 0 aliphatic carbocycles. The van der Waals surface area contributed by atoms with Gasteiger partial charge < -0.3 is 4.90 Å². The summed E-state index contributed by atoms with van der Waals surface area (Å²) in [6, 6.07) is 5.55. The number of alkyl halides is 6. The van der Waals surface area contributed by atoms with Crippen LogP contribution in [0.15, 0.2) is 41.3 Å². The normalized spacial score (nSPS) is 16.6. The monoisotopic (exact) mass is 535 g/mol. The van der Waals surface area contributed by atoms with Gasteiger partial charge in [0.1, 0.15) is 5.82 Å². The molecule has 0 spiro atoms. The summed E-state index contributed by atoms with van der Waals surface area (Å²) in [6.07, 6.45) is -9.30. The lowest BCUT2D eigenvalue weighted by atomic mass is 9.93. The molecule has 3 heterocycles. The Morgan fingerprint density at radius 2 is 1.39 bits per heavy atom. The van der Waals surface area contributed by atoms with Crippen molar-refractivity contribution in [2.45, 2.75) is 43.4 Å². The molecule has 3 aromatic rings. The summed E-state index contributed by atoms with van der Waals surface area (Å²) >= 11 is 0. The first-order valence-corrected chi connectivity index (χ1v) is 12.3. The van der Waals surface area contributed by atoms with Crippen LogP contribution in [-0.4, -0.2) is 53.5 Å². The van der Waals surface area contributed by atoms with E-state index >= 15 is 0 Å². The molecule has 1 aliphatic rings. The fraction of sp³-hybridized carbons (Fsp3) is 0.455. The lowest BCUT2D eigenvalue weighted by Gasteiger charge is -2.35. The second kappa shape index (κ2) is 8.61. The Morgan fingerprint density at radius 3 is 1.89 bits per heavy atom. The quantitative estimate of drug-likeness (QED) is 0.460. The van der Waals surface area contributed by atoms with E-state index in [2.05, 4.69) is 10.1 Å². The van der Waals surface area contributed by atoms with Crippen LogP contribution >= 0.6 is 0 Å². The third-order valence-electron chi connectivity index (χ3n) is 5.85. The van der Waals surface area contributed by atoms with Crippen molar-refractivity contribution in [2.24, 2.45) is 0 Å². The molecule has 0 unspecified atom stereocenters. The van der Waals surface area contributed by atoms with Gasteiger partial charge in [0.25, 0.3) is 0 Å². The van der Waals surface area contributed by atoms with Crippen molar-refractivity contribution in [3.05, 3.63) is 53.3 Å². The second-order valence-electron chi connectivity index (χ2n) is 9.46. The van der Waals surface area contributed by atoms with E-state index in [-0.39, 0.29) is 42.5 Å². The van der Waals surface area contributed by atoms with Crippen molar-refractivity contribution in [1.82, 2.24) is 18.9 Å². The summed E-state index contributed by atoms with van der Waals surface area (Å²) < 4.78 is 107. The van der Waals surface area contributed by atoms with Crippen LogP contribution in [-0.2, 0) is 27.8 Å². The van der Waals surface area contributed by atoms with Crippen molar-refractivity contribution < 1.29 is 34.8 Å². The number of anilines is 1. The maximum Gasteiger partial charge on any atom is 0.433 e. The third-order valence-corrected chi connectivity index (χ3v) is 7.76. The summed E-state index contributed by atoms with van der Waals surface area (Å²) in [5.41, 5.74) is -1.95.